The lowest BCUT2D eigenvalue weighted by Gasteiger charge is -2.26. The molecule has 2 heterocycles. The van der Waals surface area contributed by atoms with Crippen LogP contribution >= 0.6 is 15.9 Å². The van der Waals surface area contributed by atoms with Gasteiger partial charge >= 0.3 is 0 Å². The van der Waals surface area contributed by atoms with Crippen LogP contribution < -0.4 is 0 Å². The van der Waals surface area contributed by atoms with Crippen LogP contribution in [-0.4, -0.2) is 37.5 Å². The molecule has 0 amide bonds. The van der Waals surface area contributed by atoms with E-state index < -0.39 is 12.2 Å². The van der Waals surface area contributed by atoms with E-state index in [-0.39, 0.29) is 34.4 Å². The molecule has 6 nitrogen and oxygen atoms in total. The van der Waals surface area contributed by atoms with Crippen molar-refractivity contribution in [3.63, 3.8) is 0 Å². The summed E-state index contributed by atoms with van der Waals surface area (Å²) in [6.45, 7) is 7.01. The Hall–Kier alpha value is -1.00. The molecular formula is C21H30BrFN3O3S+. The van der Waals surface area contributed by atoms with Crippen molar-refractivity contribution in [2.75, 3.05) is 12.9 Å². The third kappa shape index (κ3) is 6.03. The van der Waals surface area contributed by atoms with Gasteiger partial charge in [0.05, 0.1) is 0 Å². The van der Waals surface area contributed by atoms with Crippen molar-refractivity contribution in [2.45, 2.75) is 69.6 Å². The van der Waals surface area contributed by atoms with Gasteiger partial charge in [0.15, 0.2) is 16.8 Å². The van der Waals surface area contributed by atoms with E-state index in [0.29, 0.717) is 17.2 Å². The van der Waals surface area contributed by atoms with Crippen molar-refractivity contribution in [1.82, 2.24) is 14.8 Å². The minimum absolute atomic E-state index is 0.0534. The zero-order chi connectivity index (χ0) is 21.9. The lowest BCUT2D eigenvalue weighted by atomic mass is 10.0. The van der Waals surface area contributed by atoms with Crippen LogP contribution in [0.2, 0.25) is 0 Å². The van der Waals surface area contributed by atoms with Gasteiger partial charge in [-0.05, 0) is 73.7 Å². The van der Waals surface area contributed by atoms with Crippen LogP contribution in [-0.2, 0) is 20.1 Å². The number of aliphatic hydroxyl groups is 1. The fraction of sp³-hybridized carbons (Fsp3) is 0.619. The van der Waals surface area contributed by atoms with Crippen LogP contribution in [0.3, 0.4) is 0 Å². The molecule has 1 aliphatic rings. The molecular weight excluding hydrogens is 473 g/mol. The molecule has 166 valence electrons. The van der Waals surface area contributed by atoms with Crippen molar-refractivity contribution in [3.8, 4) is 0 Å². The van der Waals surface area contributed by atoms with Gasteiger partial charge in [0, 0.05) is 13.0 Å². The molecule has 4 atom stereocenters. The minimum atomic E-state index is -0.915. The second-order valence-corrected chi connectivity index (χ2v) is 11.5. The van der Waals surface area contributed by atoms with Crippen molar-refractivity contribution < 1.29 is 18.4 Å². The van der Waals surface area contributed by atoms with E-state index in [1.54, 1.807) is 16.8 Å². The van der Waals surface area contributed by atoms with Crippen molar-refractivity contribution in [2.24, 2.45) is 0 Å². The largest absolute Gasteiger partial charge is 0.385 e. The quantitative estimate of drug-likeness (QED) is 0.538. The van der Waals surface area contributed by atoms with Crippen LogP contribution in [0, 0.1) is 5.82 Å². The van der Waals surface area contributed by atoms with Gasteiger partial charge in [-0.25, -0.2) is 14.1 Å². The lowest BCUT2D eigenvalue weighted by molar-refractivity contribution is -0.0464. The second kappa shape index (κ2) is 10.1. The predicted molar refractivity (Wildman–Crippen MR) is 119 cm³/mol. The van der Waals surface area contributed by atoms with Crippen LogP contribution in [0.4, 0.5) is 4.39 Å². The monoisotopic (exact) mass is 502 g/mol. The van der Waals surface area contributed by atoms with E-state index in [4.69, 9.17) is 8.92 Å². The van der Waals surface area contributed by atoms with Gasteiger partial charge in [-0.1, -0.05) is 12.1 Å². The van der Waals surface area contributed by atoms with Crippen LogP contribution in [0.15, 0.2) is 29.0 Å². The molecule has 0 saturated carbocycles. The number of benzene rings is 1. The Labute approximate surface area is 188 Å². The summed E-state index contributed by atoms with van der Waals surface area (Å²) >= 11 is 2.94. The Morgan fingerprint density at radius 3 is 2.63 bits per heavy atom. The Balaban J connectivity index is 1.84. The zero-order valence-corrected chi connectivity index (χ0v) is 20.2. The van der Waals surface area contributed by atoms with Crippen LogP contribution in [0.25, 0.3) is 0 Å². The maximum absolute atomic E-state index is 13.5. The Bertz CT molecular complexity index is 822. The number of aliphatic hydroxyl groups excluding tert-OH is 1. The highest BCUT2D eigenvalue weighted by Crippen LogP contribution is 2.35. The lowest BCUT2D eigenvalue weighted by Crippen LogP contribution is -2.31. The zero-order valence-electron chi connectivity index (χ0n) is 17.8. The summed E-state index contributed by atoms with van der Waals surface area (Å²) in [4.78, 5) is 4.40. The van der Waals surface area contributed by atoms with Gasteiger partial charge in [-0.3, -0.25) is 0 Å². The number of ether oxygens (including phenoxy) is 1. The third-order valence-corrected chi connectivity index (χ3v) is 7.74. The molecule has 30 heavy (non-hydrogen) atoms. The van der Waals surface area contributed by atoms with Gasteiger partial charge < -0.3 is 9.84 Å². The number of hydrogen-bond acceptors (Lipinski definition) is 5. The number of halogens is 2. The highest BCUT2D eigenvalue weighted by Gasteiger charge is 2.37. The van der Waals surface area contributed by atoms with Crippen molar-refractivity contribution >= 4 is 27.1 Å². The molecule has 1 aromatic carbocycles. The molecule has 1 aromatic heterocycles. The molecule has 1 aliphatic heterocycles. The van der Waals surface area contributed by atoms with Crippen LogP contribution in [0.5, 0.6) is 0 Å². The van der Waals surface area contributed by atoms with Gasteiger partial charge in [0.25, 0.3) is 0 Å². The third-order valence-electron chi connectivity index (χ3n) is 5.16. The van der Waals surface area contributed by atoms with E-state index in [9.17, 15) is 9.50 Å². The summed E-state index contributed by atoms with van der Waals surface area (Å²) in [5.41, 5.74) is 0.818. The fourth-order valence-corrected chi connectivity index (χ4v) is 4.38. The van der Waals surface area contributed by atoms with Gasteiger partial charge in [0.1, 0.15) is 35.5 Å². The van der Waals surface area contributed by atoms with E-state index in [1.807, 2.05) is 6.26 Å². The first-order valence-electron chi connectivity index (χ1n) is 10.2. The van der Waals surface area contributed by atoms with E-state index in [1.165, 1.54) is 12.1 Å². The highest BCUT2D eigenvalue weighted by atomic mass is 79.9. The molecule has 0 bridgehead atoms. The summed E-state index contributed by atoms with van der Waals surface area (Å²) in [6.07, 6.45) is 3.65. The first-order chi connectivity index (χ1) is 14.1. The number of aromatic nitrogens is 3. The topological polar surface area (TPSA) is 69.4 Å². The molecule has 3 rings (SSSR count). The summed E-state index contributed by atoms with van der Waals surface area (Å²) < 4.78 is 27.7. The number of rotatable bonds is 7. The predicted octanol–water partition coefficient (Wildman–Crippen LogP) is 5.02. The summed E-state index contributed by atoms with van der Waals surface area (Å²) in [5.74, 6) is 0.138. The molecule has 0 radical (unpaired) electrons. The average molecular weight is 503 g/mol. The molecule has 1 N–H and O–H groups in total. The molecule has 2 aromatic rings. The maximum atomic E-state index is 13.5. The molecule has 0 aliphatic carbocycles. The Morgan fingerprint density at radius 1 is 1.33 bits per heavy atom. The molecule has 1 saturated heterocycles. The Kier molecular flexibility index (Phi) is 7.95. The van der Waals surface area contributed by atoms with Gasteiger partial charge in [-0.15, -0.1) is 5.10 Å². The summed E-state index contributed by atoms with van der Waals surface area (Å²) in [6, 6.07) is 6.24. The summed E-state index contributed by atoms with van der Waals surface area (Å²) in [7, 11) is 0. The maximum Gasteiger partial charge on any atom is 0.217 e. The average Bonchev–Trinajstić information content (AvgIpc) is 3.10. The number of hydrogen-bond donors (Lipinski definition) is 1. The van der Waals surface area contributed by atoms with Gasteiger partial charge in [-0.2, -0.15) is 4.18 Å². The van der Waals surface area contributed by atoms with Crippen LogP contribution in [0.1, 0.15) is 76.3 Å². The smallest absolute Gasteiger partial charge is 0.217 e. The Morgan fingerprint density at radius 2 is 2.03 bits per heavy atom. The molecule has 4 unspecified atom stereocenters. The molecule has 1 fully saturated rings. The SMILES string of the molecule is C[S+](OC(CC(O)c1nc(Br)nn1C1CCCCO1)c1ccc(F)cc1)C(C)(C)C. The fourth-order valence-electron chi connectivity index (χ4n) is 3.20. The van der Waals surface area contributed by atoms with Crippen molar-refractivity contribution in [1.29, 1.82) is 0 Å². The number of nitrogens with zero attached hydrogens (tertiary/aromatic N) is 3. The first-order valence-corrected chi connectivity index (χ1v) is 12.5. The summed E-state index contributed by atoms with van der Waals surface area (Å²) in [5, 5.41) is 15.5. The molecule has 9 heteroatoms. The first kappa shape index (κ1) is 23.7. The second-order valence-electron chi connectivity index (χ2n) is 8.46. The van der Waals surface area contributed by atoms with E-state index >= 15 is 0 Å². The van der Waals surface area contributed by atoms with E-state index in [2.05, 4.69) is 46.8 Å². The van der Waals surface area contributed by atoms with Crippen molar-refractivity contribution in [3.05, 3.63) is 46.2 Å². The highest BCUT2D eigenvalue weighted by molar-refractivity contribution is 9.10. The molecule has 0 spiro atoms. The standard InChI is InChI=1S/C21H30BrFN3O3S/c1-21(2,3)30(4)29-17(14-8-10-15(23)11-9-14)13-16(27)19-24-20(22)25-26(19)18-7-5-6-12-28-18/h8-11,16-18,27H,5-7,12-13H2,1-4H3/q+1. The normalized spacial score (nSPS) is 20.7. The van der Waals surface area contributed by atoms with Gasteiger partial charge in [0.2, 0.25) is 4.73 Å². The minimum Gasteiger partial charge on any atom is -0.385 e. The van der Waals surface area contributed by atoms with E-state index in [0.717, 1.165) is 24.8 Å².